The van der Waals surface area contributed by atoms with Crippen LogP contribution in [0.2, 0.25) is 0 Å². The van der Waals surface area contributed by atoms with Crippen molar-refractivity contribution in [3.8, 4) is 0 Å². The Balaban J connectivity index is 0.000000317. The van der Waals surface area contributed by atoms with E-state index < -0.39 is 11.2 Å². The molecule has 8 heteroatoms. The van der Waals surface area contributed by atoms with Crippen LogP contribution in [0.4, 0.5) is 9.59 Å². The molecule has 2 fully saturated rings. The summed E-state index contributed by atoms with van der Waals surface area (Å²) in [5, 5.41) is 3.35. The zero-order valence-corrected chi connectivity index (χ0v) is 28.7. The van der Waals surface area contributed by atoms with Crippen LogP contribution in [0, 0.1) is 23.7 Å². The smallest absolute Gasteiger partial charge is 0.410 e. The molecular formula is C34H60N4O4. The Morgan fingerprint density at radius 2 is 1.24 bits per heavy atom. The Bertz CT molecular complexity index is 985. The zero-order valence-electron chi connectivity index (χ0n) is 28.7. The van der Waals surface area contributed by atoms with E-state index in [1.807, 2.05) is 60.5 Å². The van der Waals surface area contributed by atoms with E-state index in [2.05, 4.69) is 75.2 Å². The fourth-order valence-corrected chi connectivity index (χ4v) is 5.89. The van der Waals surface area contributed by atoms with E-state index in [1.54, 1.807) is 4.90 Å². The molecule has 2 amide bonds. The van der Waals surface area contributed by atoms with Crippen molar-refractivity contribution in [1.82, 2.24) is 20.0 Å². The third-order valence-electron chi connectivity index (χ3n) is 8.49. The zero-order chi connectivity index (χ0) is 32.0. The summed E-state index contributed by atoms with van der Waals surface area (Å²) >= 11 is 0. The second-order valence-corrected chi connectivity index (χ2v) is 14.8. The molecule has 0 radical (unpaired) electrons. The Hall–Kier alpha value is -2.32. The fourth-order valence-electron chi connectivity index (χ4n) is 5.89. The van der Waals surface area contributed by atoms with Crippen molar-refractivity contribution in [2.24, 2.45) is 23.7 Å². The lowest BCUT2D eigenvalue weighted by atomic mass is 9.90. The average molecular weight is 589 g/mol. The predicted molar refractivity (Wildman–Crippen MR) is 172 cm³/mol. The topological polar surface area (TPSA) is 74.4 Å². The van der Waals surface area contributed by atoms with Gasteiger partial charge in [-0.2, -0.15) is 0 Å². The summed E-state index contributed by atoms with van der Waals surface area (Å²) in [6.07, 6.45) is -0.450. The maximum atomic E-state index is 12.5. The second-order valence-electron chi connectivity index (χ2n) is 14.8. The molecule has 2 heterocycles. The molecule has 1 aromatic rings. The van der Waals surface area contributed by atoms with Gasteiger partial charge in [-0.05, 0) is 77.7 Å². The van der Waals surface area contributed by atoms with Crippen molar-refractivity contribution in [1.29, 1.82) is 0 Å². The Labute approximate surface area is 256 Å². The molecule has 3 rings (SSSR count). The van der Waals surface area contributed by atoms with Crippen molar-refractivity contribution in [2.75, 3.05) is 40.3 Å². The third-order valence-corrected chi connectivity index (χ3v) is 8.49. The number of amides is 2. The molecule has 0 bridgehead atoms. The van der Waals surface area contributed by atoms with Gasteiger partial charge in [-0.15, -0.1) is 0 Å². The molecule has 42 heavy (non-hydrogen) atoms. The van der Waals surface area contributed by atoms with E-state index in [-0.39, 0.29) is 24.3 Å². The lowest BCUT2D eigenvalue weighted by molar-refractivity contribution is 0.0170. The number of nitrogens with one attached hydrogen (secondary N) is 1. The summed E-state index contributed by atoms with van der Waals surface area (Å²) in [5.41, 5.74) is 0.435. The standard InChI is InChI=1S/C21H34N2O2.C13H26N2O2/c1-15(2)18-13-23(16(3)17-11-9-8-10-12-17)14-19(18)22(7)20(24)25-21(4,5)6;1-9(2)10-7-14-8-11(10)15(6)12(16)17-13(3,4)5/h8-12,15-16,18-19H,13-14H2,1-7H3;9-11,14H,7-8H2,1-6H3/t16-,18-,19-;10-,11-/m11/s1. The monoisotopic (exact) mass is 588 g/mol. The molecular weight excluding hydrogens is 528 g/mol. The van der Waals surface area contributed by atoms with Gasteiger partial charge >= 0.3 is 12.2 Å². The van der Waals surface area contributed by atoms with E-state index in [0.29, 0.717) is 29.7 Å². The van der Waals surface area contributed by atoms with Gasteiger partial charge < -0.3 is 24.6 Å². The number of likely N-dealkylation sites (N-methyl/N-ethyl adjacent to an activating group) is 2. The van der Waals surface area contributed by atoms with Crippen LogP contribution in [0.15, 0.2) is 30.3 Å². The number of carbonyl (C=O) groups excluding carboxylic acids is 2. The number of nitrogens with zero attached hydrogens (tertiary/aromatic N) is 3. The molecule has 2 aliphatic rings. The molecule has 0 unspecified atom stereocenters. The highest BCUT2D eigenvalue weighted by Gasteiger charge is 2.41. The van der Waals surface area contributed by atoms with Crippen molar-refractivity contribution in [2.45, 2.75) is 105 Å². The fraction of sp³-hybridized carbons (Fsp3) is 0.765. The number of ether oxygens (including phenoxy) is 2. The second kappa shape index (κ2) is 14.9. The summed E-state index contributed by atoms with van der Waals surface area (Å²) in [4.78, 5) is 30.6. The SMILES string of the molecule is CC(C)[C@H]1CN([C@H](C)c2ccccc2)C[C@H]1N(C)C(=O)OC(C)(C)C.CC(C)[C@H]1CNC[C@H]1N(C)C(=O)OC(C)(C)C. The summed E-state index contributed by atoms with van der Waals surface area (Å²) in [6.45, 7) is 26.3. The van der Waals surface area contributed by atoms with Gasteiger partial charge in [0.15, 0.2) is 0 Å². The Morgan fingerprint density at radius 1 is 0.762 bits per heavy atom. The maximum absolute atomic E-state index is 12.5. The van der Waals surface area contributed by atoms with Crippen LogP contribution in [0.25, 0.3) is 0 Å². The van der Waals surface area contributed by atoms with Crippen LogP contribution in [0.1, 0.15) is 87.8 Å². The number of carbonyl (C=O) groups is 2. The number of rotatable bonds is 6. The number of hydrogen-bond acceptors (Lipinski definition) is 6. The summed E-state index contributed by atoms with van der Waals surface area (Å²) in [6, 6.07) is 11.4. The van der Waals surface area contributed by atoms with Crippen LogP contribution < -0.4 is 5.32 Å². The van der Waals surface area contributed by atoms with Crippen LogP contribution in [-0.2, 0) is 9.47 Å². The first-order valence-corrected chi connectivity index (χ1v) is 15.7. The molecule has 1 aromatic carbocycles. The molecule has 0 saturated carbocycles. The van der Waals surface area contributed by atoms with Gasteiger partial charge in [0.05, 0.1) is 12.1 Å². The van der Waals surface area contributed by atoms with Crippen molar-refractivity contribution in [3.63, 3.8) is 0 Å². The van der Waals surface area contributed by atoms with Crippen molar-refractivity contribution < 1.29 is 19.1 Å². The minimum absolute atomic E-state index is 0.181. The molecule has 1 N–H and O–H groups in total. The number of likely N-dealkylation sites (tertiary alicyclic amines) is 1. The lowest BCUT2D eigenvalue weighted by Crippen LogP contribution is -2.45. The normalized spacial score (nSPS) is 23.8. The molecule has 2 aliphatic heterocycles. The molecule has 8 nitrogen and oxygen atoms in total. The number of hydrogen-bond donors (Lipinski definition) is 1. The lowest BCUT2D eigenvalue weighted by Gasteiger charge is -2.32. The van der Waals surface area contributed by atoms with E-state index in [9.17, 15) is 9.59 Å². The average Bonchev–Trinajstić information content (AvgIpc) is 3.54. The highest BCUT2D eigenvalue weighted by Crippen LogP contribution is 2.34. The Morgan fingerprint density at radius 3 is 1.69 bits per heavy atom. The molecule has 0 aliphatic carbocycles. The van der Waals surface area contributed by atoms with Crippen molar-refractivity contribution in [3.05, 3.63) is 35.9 Å². The van der Waals surface area contributed by atoms with Crippen LogP contribution in [0.3, 0.4) is 0 Å². The van der Waals surface area contributed by atoms with Gasteiger partial charge in [-0.25, -0.2) is 9.59 Å². The first-order chi connectivity index (χ1) is 19.3. The molecule has 0 aromatic heterocycles. The highest BCUT2D eigenvalue weighted by atomic mass is 16.6. The first-order valence-electron chi connectivity index (χ1n) is 15.7. The third kappa shape index (κ3) is 10.4. The van der Waals surface area contributed by atoms with E-state index in [0.717, 1.165) is 26.2 Å². The first kappa shape index (κ1) is 35.9. The van der Waals surface area contributed by atoms with Gasteiger partial charge in [0, 0.05) is 46.3 Å². The Kier molecular flexibility index (Phi) is 12.7. The van der Waals surface area contributed by atoms with Gasteiger partial charge in [0.1, 0.15) is 11.2 Å². The molecule has 240 valence electrons. The van der Waals surface area contributed by atoms with Gasteiger partial charge in [-0.3, -0.25) is 4.90 Å². The highest BCUT2D eigenvalue weighted by molar-refractivity contribution is 5.68. The van der Waals surface area contributed by atoms with E-state index >= 15 is 0 Å². The minimum Gasteiger partial charge on any atom is -0.444 e. The van der Waals surface area contributed by atoms with Gasteiger partial charge in [-0.1, -0.05) is 58.0 Å². The minimum atomic E-state index is -0.464. The van der Waals surface area contributed by atoms with Crippen molar-refractivity contribution >= 4 is 12.2 Å². The van der Waals surface area contributed by atoms with Gasteiger partial charge in [0.25, 0.3) is 0 Å². The van der Waals surface area contributed by atoms with Crippen LogP contribution in [0.5, 0.6) is 0 Å². The van der Waals surface area contributed by atoms with E-state index in [1.165, 1.54) is 5.56 Å². The van der Waals surface area contributed by atoms with Crippen LogP contribution in [-0.4, -0.2) is 90.4 Å². The van der Waals surface area contributed by atoms with Crippen LogP contribution >= 0.6 is 0 Å². The summed E-state index contributed by atoms with van der Waals surface area (Å²) in [7, 11) is 3.71. The quantitative estimate of drug-likeness (QED) is 0.400. The van der Waals surface area contributed by atoms with Gasteiger partial charge in [0.2, 0.25) is 0 Å². The number of benzene rings is 1. The maximum Gasteiger partial charge on any atom is 0.410 e. The molecule has 0 spiro atoms. The summed E-state index contributed by atoms with van der Waals surface area (Å²) < 4.78 is 11.0. The summed E-state index contributed by atoms with van der Waals surface area (Å²) in [5.74, 6) is 2.04. The van der Waals surface area contributed by atoms with E-state index in [4.69, 9.17) is 9.47 Å². The molecule has 2 saturated heterocycles. The largest absolute Gasteiger partial charge is 0.444 e. The molecule has 5 atom stereocenters. The predicted octanol–water partition coefficient (Wildman–Crippen LogP) is 6.67.